The summed E-state index contributed by atoms with van der Waals surface area (Å²) in [6, 6.07) is 16.8. The molecule has 0 unspecified atom stereocenters. The third-order valence-corrected chi connectivity index (χ3v) is 3.94. The zero-order valence-electron chi connectivity index (χ0n) is 13.3. The molecule has 0 aliphatic rings. The second-order valence-electron chi connectivity index (χ2n) is 5.41. The Kier molecular flexibility index (Phi) is 3.98. The molecule has 0 saturated heterocycles. The quantitative estimate of drug-likeness (QED) is 0.594. The Hall–Kier alpha value is -3.45. The van der Waals surface area contributed by atoms with E-state index in [1.165, 1.54) is 4.57 Å². The maximum Gasteiger partial charge on any atom is 0.325 e. The van der Waals surface area contributed by atoms with Crippen LogP contribution >= 0.6 is 11.6 Å². The number of nitrogens with two attached hydrogens (primary N) is 1. The van der Waals surface area contributed by atoms with Gasteiger partial charge in [0.15, 0.2) is 5.82 Å². The van der Waals surface area contributed by atoms with Crippen molar-refractivity contribution >= 4 is 28.7 Å². The smallest absolute Gasteiger partial charge is 0.325 e. The van der Waals surface area contributed by atoms with Crippen LogP contribution in [0, 0.1) is 0 Å². The normalized spacial score (nSPS) is 10.8. The van der Waals surface area contributed by atoms with E-state index >= 15 is 0 Å². The third kappa shape index (κ3) is 2.96. The Morgan fingerprint density at radius 3 is 2.46 bits per heavy atom. The summed E-state index contributed by atoms with van der Waals surface area (Å²) in [4.78, 5) is 16.3. The lowest BCUT2D eigenvalue weighted by Gasteiger charge is -2.06. The number of hydrogen-bond donors (Lipinski definition) is 1. The molecule has 4 aromatic rings. The number of primary amides is 1. The van der Waals surface area contributed by atoms with Gasteiger partial charge in [-0.3, -0.25) is 0 Å². The number of fused-ring (bicyclic) bond motifs is 1. The van der Waals surface area contributed by atoms with Crippen molar-refractivity contribution in [2.24, 2.45) is 5.73 Å². The third-order valence-electron chi connectivity index (χ3n) is 3.69. The molecule has 128 valence electrons. The van der Waals surface area contributed by atoms with E-state index in [1.807, 2.05) is 12.1 Å². The summed E-state index contributed by atoms with van der Waals surface area (Å²) in [5.74, 6) is 1.21. The molecule has 0 aliphatic heterocycles. The lowest BCUT2D eigenvalue weighted by molar-refractivity contribution is 0.251. The van der Waals surface area contributed by atoms with Gasteiger partial charge in [-0.05, 0) is 42.5 Å². The van der Waals surface area contributed by atoms with Crippen LogP contribution in [0.1, 0.15) is 0 Å². The minimum Gasteiger partial charge on any atom is -0.438 e. The highest BCUT2D eigenvalue weighted by Crippen LogP contribution is 2.25. The van der Waals surface area contributed by atoms with Gasteiger partial charge >= 0.3 is 6.03 Å². The first kappa shape index (κ1) is 16.0. The largest absolute Gasteiger partial charge is 0.438 e. The number of amides is 1. The molecule has 8 heteroatoms. The van der Waals surface area contributed by atoms with Crippen molar-refractivity contribution in [3.05, 3.63) is 65.7 Å². The average Bonchev–Trinajstić information content (AvgIpc) is 3.04. The molecule has 2 heterocycles. The van der Waals surface area contributed by atoms with Crippen LogP contribution in [0.2, 0.25) is 5.02 Å². The SMILES string of the molecule is NC(=O)n1c(-c2ccc(Oc3ccc(Cl)cc3)nn2)nc2ccccc21. The molecule has 2 N–H and O–H groups in total. The molecule has 0 atom stereocenters. The summed E-state index contributed by atoms with van der Waals surface area (Å²) in [5, 5.41) is 8.76. The standard InChI is InChI=1S/C18H12ClN5O2/c19-11-5-7-12(8-6-11)26-16-10-9-14(22-23-16)17-21-13-3-1-2-4-15(13)24(17)18(20)25/h1-10H,(H2,20,25). The molecule has 0 radical (unpaired) electrons. The van der Waals surface area contributed by atoms with Gasteiger partial charge in [0.2, 0.25) is 5.88 Å². The van der Waals surface area contributed by atoms with Crippen molar-refractivity contribution < 1.29 is 9.53 Å². The van der Waals surface area contributed by atoms with Crippen molar-refractivity contribution in [2.75, 3.05) is 0 Å². The predicted octanol–water partition coefficient (Wildman–Crippen LogP) is 3.87. The average molecular weight is 366 g/mol. The second kappa shape index (κ2) is 6.45. The van der Waals surface area contributed by atoms with Gasteiger partial charge < -0.3 is 10.5 Å². The molecule has 0 fully saturated rings. The number of halogens is 1. The van der Waals surface area contributed by atoms with Gasteiger partial charge in [-0.15, -0.1) is 10.2 Å². The van der Waals surface area contributed by atoms with E-state index in [0.29, 0.717) is 39.2 Å². The summed E-state index contributed by atoms with van der Waals surface area (Å²) >= 11 is 5.85. The molecule has 0 aliphatic carbocycles. The fourth-order valence-electron chi connectivity index (χ4n) is 2.54. The highest BCUT2D eigenvalue weighted by Gasteiger charge is 2.17. The van der Waals surface area contributed by atoms with Crippen LogP contribution in [-0.4, -0.2) is 25.8 Å². The second-order valence-corrected chi connectivity index (χ2v) is 5.85. The van der Waals surface area contributed by atoms with Crippen molar-refractivity contribution in [1.29, 1.82) is 0 Å². The maximum absolute atomic E-state index is 11.9. The van der Waals surface area contributed by atoms with Crippen LogP contribution < -0.4 is 10.5 Å². The number of carbonyl (C=O) groups excluding carboxylic acids is 1. The highest BCUT2D eigenvalue weighted by atomic mass is 35.5. The molecule has 26 heavy (non-hydrogen) atoms. The van der Waals surface area contributed by atoms with E-state index in [2.05, 4.69) is 15.2 Å². The number of aromatic nitrogens is 4. The van der Waals surface area contributed by atoms with Crippen molar-refractivity contribution in [1.82, 2.24) is 19.7 Å². The van der Waals surface area contributed by atoms with E-state index in [1.54, 1.807) is 48.5 Å². The van der Waals surface area contributed by atoms with Crippen molar-refractivity contribution in [3.8, 4) is 23.1 Å². The molecule has 0 saturated carbocycles. The zero-order chi connectivity index (χ0) is 18.1. The van der Waals surface area contributed by atoms with Crippen molar-refractivity contribution in [3.63, 3.8) is 0 Å². The predicted molar refractivity (Wildman–Crippen MR) is 97.3 cm³/mol. The molecule has 7 nitrogen and oxygen atoms in total. The first-order valence-corrected chi connectivity index (χ1v) is 8.04. The number of hydrogen-bond acceptors (Lipinski definition) is 5. The van der Waals surface area contributed by atoms with Gasteiger partial charge in [-0.1, -0.05) is 23.7 Å². The van der Waals surface area contributed by atoms with Gasteiger partial charge in [-0.2, -0.15) is 0 Å². The fourth-order valence-corrected chi connectivity index (χ4v) is 2.66. The zero-order valence-corrected chi connectivity index (χ0v) is 14.1. The molecule has 0 spiro atoms. The highest BCUT2D eigenvalue weighted by molar-refractivity contribution is 6.30. The van der Waals surface area contributed by atoms with Gasteiger partial charge in [-0.25, -0.2) is 14.3 Å². The van der Waals surface area contributed by atoms with Crippen LogP contribution in [0.5, 0.6) is 11.6 Å². The number of imidazole rings is 1. The monoisotopic (exact) mass is 365 g/mol. The Bertz CT molecular complexity index is 1090. The summed E-state index contributed by atoms with van der Waals surface area (Å²) in [5.41, 5.74) is 7.17. The number of ether oxygens (including phenoxy) is 1. The van der Waals surface area contributed by atoms with Gasteiger partial charge in [0.1, 0.15) is 11.4 Å². The minimum absolute atomic E-state index is 0.304. The Morgan fingerprint density at radius 1 is 1.00 bits per heavy atom. The first-order chi connectivity index (χ1) is 12.6. The number of nitrogens with zero attached hydrogens (tertiary/aromatic N) is 4. The summed E-state index contributed by atoms with van der Waals surface area (Å²) < 4.78 is 6.91. The van der Waals surface area contributed by atoms with Crippen molar-refractivity contribution in [2.45, 2.75) is 0 Å². The number of rotatable bonds is 3. The molecule has 0 bridgehead atoms. The van der Waals surface area contributed by atoms with Gasteiger partial charge in [0.25, 0.3) is 0 Å². The summed E-state index contributed by atoms with van der Waals surface area (Å²) in [6.07, 6.45) is 0. The topological polar surface area (TPSA) is 95.9 Å². The van der Waals surface area contributed by atoms with Gasteiger partial charge in [0.05, 0.1) is 11.0 Å². The van der Waals surface area contributed by atoms with E-state index in [-0.39, 0.29) is 0 Å². The van der Waals surface area contributed by atoms with E-state index < -0.39 is 6.03 Å². The van der Waals surface area contributed by atoms with E-state index in [9.17, 15) is 4.79 Å². The first-order valence-electron chi connectivity index (χ1n) is 7.66. The van der Waals surface area contributed by atoms with Crippen LogP contribution in [0.25, 0.3) is 22.6 Å². The molecule has 2 aromatic heterocycles. The molecule has 4 rings (SSSR count). The minimum atomic E-state index is -0.642. The lowest BCUT2D eigenvalue weighted by Crippen LogP contribution is -2.20. The Balaban J connectivity index is 1.69. The molecule has 1 amide bonds. The fraction of sp³-hybridized carbons (Fsp3) is 0. The van der Waals surface area contributed by atoms with E-state index in [4.69, 9.17) is 22.1 Å². The maximum atomic E-state index is 11.9. The number of carbonyl (C=O) groups is 1. The summed E-state index contributed by atoms with van der Waals surface area (Å²) in [6.45, 7) is 0. The molecular formula is C18H12ClN5O2. The lowest BCUT2D eigenvalue weighted by atomic mass is 10.3. The van der Waals surface area contributed by atoms with E-state index in [0.717, 1.165) is 0 Å². The Labute approximate surface area is 153 Å². The molecular weight excluding hydrogens is 354 g/mol. The number of para-hydroxylation sites is 2. The van der Waals surface area contributed by atoms with Crippen LogP contribution in [-0.2, 0) is 0 Å². The molecule has 2 aromatic carbocycles. The van der Waals surface area contributed by atoms with Crippen LogP contribution in [0.3, 0.4) is 0 Å². The Morgan fingerprint density at radius 2 is 1.77 bits per heavy atom. The van der Waals surface area contributed by atoms with Gasteiger partial charge in [0, 0.05) is 11.1 Å². The van der Waals surface area contributed by atoms with Crippen LogP contribution in [0.15, 0.2) is 60.7 Å². The summed E-state index contributed by atoms with van der Waals surface area (Å²) in [7, 11) is 0. The number of benzene rings is 2. The van der Waals surface area contributed by atoms with Crippen LogP contribution in [0.4, 0.5) is 4.79 Å².